The molecule has 0 spiro atoms. The second-order valence-electron chi connectivity index (χ2n) is 6.45. The Kier molecular flexibility index (Phi) is 5.28. The van der Waals surface area contributed by atoms with E-state index in [0.29, 0.717) is 11.4 Å². The fraction of sp³-hybridized carbons (Fsp3) is 0.647. The van der Waals surface area contributed by atoms with Gasteiger partial charge in [0.2, 0.25) is 0 Å². The van der Waals surface area contributed by atoms with Crippen LogP contribution in [-0.2, 0) is 0 Å². The van der Waals surface area contributed by atoms with Crippen molar-refractivity contribution in [1.82, 2.24) is 0 Å². The van der Waals surface area contributed by atoms with E-state index in [2.05, 4.69) is 19.1 Å². The van der Waals surface area contributed by atoms with Crippen LogP contribution in [0.3, 0.4) is 0 Å². The smallest absolute Gasteiger partial charge is 0.423 e. The lowest BCUT2D eigenvalue weighted by Gasteiger charge is -2.29. The molecule has 0 unspecified atom stereocenters. The van der Waals surface area contributed by atoms with Crippen LogP contribution in [0.15, 0.2) is 12.1 Å². The molecule has 2 N–H and O–H groups in total. The molecular weight excluding hydrogens is 247 g/mol. The van der Waals surface area contributed by atoms with E-state index in [1.807, 2.05) is 13.8 Å². The van der Waals surface area contributed by atoms with E-state index in [-0.39, 0.29) is 0 Å². The normalized spacial score (nSPS) is 22.9. The van der Waals surface area contributed by atoms with Gasteiger partial charge in [0.15, 0.2) is 0 Å². The maximum Gasteiger partial charge on any atom is 0.488 e. The number of aryl methyl sites for hydroxylation is 2. The van der Waals surface area contributed by atoms with Crippen molar-refractivity contribution in [3.8, 4) is 0 Å². The van der Waals surface area contributed by atoms with Gasteiger partial charge in [-0.1, -0.05) is 43.0 Å². The fourth-order valence-electron chi connectivity index (χ4n) is 3.84. The molecule has 0 amide bonds. The molecule has 1 aliphatic rings. The van der Waals surface area contributed by atoms with Gasteiger partial charge in [-0.05, 0) is 62.4 Å². The van der Waals surface area contributed by atoms with Crippen molar-refractivity contribution in [2.75, 3.05) is 0 Å². The Morgan fingerprint density at radius 3 is 2.05 bits per heavy atom. The maximum atomic E-state index is 9.44. The molecule has 1 saturated carbocycles. The molecule has 1 aliphatic carbocycles. The van der Waals surface area contributed by atoms with Gasteiger partial charge in [-0.2, -0.15) is 0 Å². The number of benzene rings is 1. The van der Waals surface area contributed by atoms with E-state index in [9.17, 15) is 10.0 Å². The predicted octanol–water partition coefficient (Wildman–Crippen LogP) is 3.06. The first-order chi connectivity index (χ1) is 9.52. The Morgan fingerprint density at radius 2 is 1.60 bits per heavy atom. The monoisotopic (exact) mass is 274 g/mol. The highest BCUT2D eigenvalue weighted by atomic mass is 16.4. The van der Waals surface area contributed by atoms with Crippen LogP contribution in [0.2, 0.25) is 0 Å². The highest BCUT2D eigenvalue weighted by molar-refractivity contribution is 6.59. The maximum absolute atomic E-state index is 9.44. The summed E-state index contributed by atoms with van der Waals surface area (Å²) in [5.74, 6) is 1.59. The third-order valence-corrected chi connectivity index (χ3v) is 4.89. The minimum Gasteiger partial charge on any atom is -0.423 e. The second-order valence-corrected chi connectivity index (χ2v) is 6.45. The van der Waals surface area contributed by atoms with Crippen molar-refractivity contribution in [2.45, 2.75) is 65.2 Å². The molecule has 0 heterocycles. The fourth-order valence-corrected chi connectivity index (χ4v) is 3.84. The molecule has 110 valence electrons. The van der Waals surface area contributed by atoms with Gasteiger partial charge in [0.05, 0.1) is 0 Å². The minimum absolute atomic E-state index is 0.658. The molecule has 0 aromatic heterocycles. The van der Waals surface area contributed by atoms with Crippen molar-refractivity contribution in [2.24, 2.45) is 5.92 Å². The molecule has 3 heteroatoms. The van der Waals surface area contributed by atoms with Crippen LogP contribution in [0.4, 0.5) is 0 Å². The lowest BCUT2D eigenvalue weighted by molar-refractivity contribution is 0.308. The molecule has 2 rings (SSSR count). The van der Waals surface area contributed by atoms with Crippen molar-refractivity contribution in [1.29, 1.82) is 0 Å². The zero-order chi connectivity index (χ0) is 14.7. The summed E-state index contributed by atoms with van der Waals surface area (Å²) >= 11 is 0. The van der Waals surface area contributed by atoms with E-state index in [1.54, 1.807) is 0 Å². The van der Waals surface area contributed by atoms with Crippen LogP contribution in [0.5, 0.6) is 0 Å². The molecule has 0 radical (unpaired) electrons. The van der Waals surface area contributed by atoms with Crippen molar-refractivity contribution in [3.63, 3.8) is 0 Å². The Bertz CT molecular complexity index is 425. The van der Waals surface area contributed by atoms with Gasteiger partial charge in [-0.3, -0.25) is 0 Å². The number of rotatable bonds is 4. The molecule has 1 fully saturated rings. The number of hydrogen-bond acceptors (Lipinski definition) is 2. The SMILES string of the molecule is CCCC1CCC(c2cc(C)c(B(O)O)c(C)c2)CC1. The quantitative estimate of drug-likeness (QED) is 0.828. The Morgan fingerprint density at radius 1 is 1.05 bits per heavy atom. The Hall–Kier alpha value is -0.795. The molecule has 0 bridgehead atoms. The van der Waals surface area contributed by atoms with Crippen LogP contribution in [0, 0.1) is 19.8 Å². The summed E-state index contributed by atoms with van der Waals surface area (Å²) in [6.07, 6.45) is 7.94. The summed E-state index contributed by atoms with van der Waals surface area (Å²) in [5.41, 5.74) is 4.07. The summed E-state index contributed by atoms with van der Waals surface area (Å²) in [5, 5.41) is 18.9. The van der Waals surface area contributed by atoms with Crippen LogP contribution < -0.4 is 5.46 Å². The first kappa shape index (κ1) is 15.6. The minimum atomic E-state index is -1.36. The van der Waals surface area contributed by atoms with Crippen LogP contribution >= 0.6 is 0 Å². The first-order valence-electron chi connectivity index (χ1n) is 8.00. The van der Waals surface area contributed by atoms with Gasteiger partial charge in [0, 0.05) is 0 Å². The second kappa shape index (κ2) is 6.77. The topological polar surface area (TPSA) is 40.5 Å². The average Bonchev–Trinajstić information content (AvgIpc) is 2.38. The van der Waals surface area contributed by atoms with Gasteiger partial charge in [-0.15, -0.1) is 0 Å². The lowest BCUT2D eigenvalue weighted by atomic mass is 9.71. The molecule has 0 aliphatic heterocycles. The molecule has 2 nitrogen and oxygen atoms in total. The summed E-state index contributed by atoms with van der Waals surface area (Å²) in [7, 11) is -1.36. The van der Waals surface area contributed by atoms with E-state index >= 15 is 0 Å². The average molecular weight is 274 g/mol. The van der Waals surface area contributed by atoms with E-state index < -0.39 is 7.12 Å². The third-order valence-electron chi connectivity index (χ3n) is 4.89. The van der Waals surface area contributed by atoms with E-state index in [1.165, 1.54) is 44.1 Å². The Labute approximate surface area is 123 Å². The zero-order valence-electron chi connectivity index (χ0n) is 13.0. The van der Waals surface area contributed by atoms with E-state index in [4.69, 9.17) is 0 Å². The third kappa shape index (κ3) is 3.45. The summed E-state index contributed by atoms with van der Waals surface area (Å²) in [6.45, 7) is 6.24. The van der Waals surface area contributed by atoms with Crippen molar-refractivity contribution < 1.29 is 10.0 Å². The molecular formula is C17H27BO2. The molecule has 1 aromatic carbocycles. The zero-order valence-corrected chi connectivity index (χ0v) is 13.0. The van der Waals surface area contributed by atoms with Gasteiger partial charge in [0.25, 0.3) is 0 Å². The van der Waals surface area contributed by atoms with Gasteiger partial charge in [0.1, 0.15) is 0 Å². The van der Waals surface area contributed by atoms with E-state index in [0.717, 1.165) is 17.0 Å². The molecule has 0 saturated heterocycles. The van der Waals surface area contributed by atoms with Crippen LogP contribution in [-0.4, -0.2) is 17.2 Å². The van der Waals surface area contributed by atoms with Crippen molar-refractivity contribution in [3.05, 3.63) is 28.8 Å². The predicted molar refractivity (Wildman–Crippen MR) is 85.3 cm³/mol. The summed E-state index contributed by atoms with van der Waals surface area (Å²) < 4.78 is 0. The molecule has 20 heavy (non-hydrogen) atoms. The van der Waals surface area contributed by atoms with Gasteiger partial charge < -0.3 is 10.0 Å². The molecule has 0 atom stereocenters. The standard InChI is InChI=1S/C17H27BO2/c1-4-5-14-6-8-15(9-7-14)16-10-12(2)17(18(19)20)13(3)11-16/h10-11,14-15,19-20H,4-9H2,1-3H3. The number of hydrogen-bond donors (Lipinski definition) is 2. The molecule has 1 aromatic rings. The first-order valence-corrected chi connectivity index (χ1v) is 8.00. The van der Waals surface area contributed by atoms with Crippen LogP contribution in [0.1, 0.15) is 68.1 Å². The lowest BCUT2D eigenvalue weighted by Crippen LogP contribution is -2.34. The van der Waals surface area contributed by atoms with Gasteiger partial charge in [-0.25, -0.2) is 0 Å². The highest BCUT2D eigenvalue weighted by Gasteiger charge is 2.24. The Balaban J connectivity index is 2.11. The van der Waals surface area contributed by atoms with Crippen LogP contribution in [0.25, 0.3) is 0 Å². The summed E-state index contributed by atoms with van der Waals surface area (Å²) in [4.78, 5) is 0. The highest BCUT2D eigenvalue weighted by Crippen LogP contribution is 2.37. The van der Waals surface area contributed by atoms with Crippen molar-refractivity contribution >= 4 is 12.6 Å². The summed E-state index contributed by atoms with van der Waals surface area (Å²) in [6, 6.07) is 4.32. The largest absolute Gasteiger partial charge is 0.488 e. The van der Waals surface area contributed by atoms with Gasteiger partial charge >= 0.3 is 7.12 Å².